The van der Waals surface area contributed by atoms with Crippen molar-refractivity contribution in [1.82, 2.24) is 15.2 Å². The zero-order chi connectivity index (χ0) is 25.1. The summed E-state index contributed by atoms with van der Waals surface area (Å²) in [5, 5.41) is 15.1. The summed E-state index contributed by atoms with van der Waals surface area (Å²) in [4.78, 5) is 18.3. The normalized spacial score (nSPS) is 21.8. The second kappa shape index (κ2) is 11.3. The molecule has 5 nitrogen and oxygen atoms in total. The van der Waals surface area contributed by atoms with Gasteiger partial charge in [0.15, 0.2) is 0 Å². The van der Waals surface area contributed by atoms with Crippen molar-refractivity contribution in [2.75, 3.05) is 19.6 Å². The van der Waals surface area contributed by atoms with Crippen molar-refractivity contribution in [1.29, 1.82) is 0 Å². The third-order valence-electron chi connectivity index (χ3n) is 7.81. The second-order valence-electron chi connectivity index (χ2n) is 10.3. The van der Waals surface area contributed by atoms with Crippen LogP contribution in [0.3, 0.4) is 0 Å². The van der Waals surface area contributed by atoms with Crippen LogP contribution >= 0.6 is 23.2 Å². The molecule has 2 aromatic carbocycles. The number of hydrogen-bond donors (Lipinski definition) is 3. The van der Waals surface area contributed by atoms with E-state index in [-0.39, 0.29) is 11.9 Å². The minimum Gasteiger partial charge on any atom is -0.508 e. The number of halogens is 2. The third kappa shape index (κ3) is 6.08. The molecule has 0 atom stereocenters. The first-order valence-corrected chi connectivity index (χ1v) is 13.7. The summed E-state index contributed by atoms with van der Waals surface area (Å²) >= 11 is 12.0. The number of rotatable bonds is 6. The number of nitrogens with one attached hydrogen (secondary N) is 2. The van der Waals surface area contributed by atoms with Gasteiger partial charge in [-0.1, -0.05) is 29.3 Å². The molecule has 7 heteroatoms. The molecular formula is C29H33Cl2N3O2. The molecule has 5 rings (SSSR count). The van der Waals surface area contributed by atoms with Crippen LogP contribution in [0.5, 0.6) is 5.75 Å². The zero-order valence-electron chi connectivity index (χ0n) is 20.4. The molecule has 1 aliphatic heterocycles. The van der Waals surface area contributed by atoms with Crippen LogP contribution in [-0.4, -0.2) is 46.6 Å². The molecule has 0 bridgehead atoms. The number of piperidine rings is 1. The van der Waals surface area contributed by atoms with Crippen molar-refractivity contribution >= 4 is 46.1 Å². The minimum absolute atomic E-state index is 0.0564. The maximum absolute atomic E-state index is 12.4. The van der Waals surface area contributed by atoms with Crippen LogP contribution < -0.4 is 5.32 Å². The van der Waals surface area contributed by atoms with Gasteiger partial charge in [-0.05, 0) is 105 Å². The van der Waals surface area contributed by atoms with Crippen molar-refractivity contribution in [3.8, 4) is 5.75 Å². The number of H-pyrrole nitrogens is 1. The highest BCUT2D eigenvalue weighted by Gasteiger charge is 2.27. The van der Waals surface area contributed by atoms with E-state index in [1.54, 1.807) is 36.4 Å². The summed E-state index contributed by atoms with van der Waals surface area (Å²) < 4.78 is 0. The molecule has 1 saturated carbocycles. The number of aromatic hydroxyl groups is 1. The van der Waals surface area contributed by atoms with Crippen LogP contribution in [0, 0.1) is 5.92 Å². The predicted octanol–water partition coefficient (Wildman–Crippen LogP) is 6.75. The fraction of sp³-hybridized carbons (Fsp3) is 0.414. The maximum Gasteiger partial charge on any atom is 0.244 e. The minimum atomic E-state index is -0.0564. The average molecular weight is 527 g/mol. The van der Waals surface area contributed by atoms with Crippen molar-refractivity contribution in [2.45, 2.75) is 50.5 Å². The van der Waals surface area contributed by atoms with Crippen molar-refractivity contribution < 1.29 is 9.90 Å². The number of likely N-dealkylation sites (tertiary alicyclic amines) is 1. The Morgan fingerprint density at radius 2 is 1.81 bits per heavy atom. The van der Waals surface area contributed by atoms with Gasteiger partial charge in [-0.25, -0.2) is 0 Å². The zero-order valence-corrected chi connectivity index (χ0v) is 21.9. The van der Waals surface area contributed by atoms with E-state index < -0.39 is 0 Å². The van der Waals surface area contributed by atoms with E-state index in [2.05, 4.69) is 21.4 Å². The van der Waals surface area contributed by atoms with E-state index in [1.807, 2.05) is 12.1 Å². The Kier molecular flexibility index (Phi) is 7.90. The van der Waals surface area contributed by atoms with E-state index in [0.29, 0.717) is 27.6 Å². The van der Waals surface area contributed by atoms with E-state index in [4.69, 9.17) is 23.2 Å². The summed E-state index contributed by atoms with van der Waals surface area (Å²) in [5.41, 5.74) is 3.26. The van der Waals surface area contributed by atoms with Crippen LogP contribution in [-0.2, 0) is 4.79 Å². The van der Waals surface area contributed by atoms with Gasteiger partial charge in [0.25, 0.3) is 0 Å². The Hall–Kier alpha value is -2.47. The highest BCUT2D eigenvalue weighted by atomic mass is 35.5. The fourth-order valence-electron chi connectivity index (χ4n) is 5.79. The van der Waals surface area contributed by atoms with Gasteiger partial charge in [-0.15, -0.1) is 0 Å². The summed E-state index contributed by atoms with van der Waals surface area (Å²) in [6.45, 7) is 3.42. The highest BCUT2D eigenvalue weighted by Crippen LogP contribution is 2.35. The molecule has 36 heavy (non-hydrogen) atoms. The van der Waals surface area contributed by atoms with Gasteiger partial charge in [0.05, 0.1) is 10.0 Å². The lowest BCUT2D eigenvalue weighted by molar-refractivity contribution is -0.117. The Balaban J connectivity index is 1.04. The molecule has 2 aliphatic rings. The standard InChI is InChI=1S/C29H33Cl2N3O2/c30-26-9-3-19(15-27(26)31)4-10-29(36)33-22-5-1-20(2-6-22)18-34-13-11-21(12-14-34)25-17-32-28-16-23(35)7-8-24(25)28/h3-4,7-10,15-17,20-22,32,35H,1-2,5-6,11-14,18H2,(H,33,36)/b10-4+. The Morgan fingerprint density at radius 3 is 2.56 bits per heavy atom. The van der Waals surface area contributed by atoms with E-state index in [9.17, 15) is 9.90 Å². The molecule has 2 fully saturated rings. The molecular weight excluding hydrogens is 493 g/mol. The summed E-state index contributed by atoms with van der Waals surface area (Å²) in [7, 11) is 0. The number of benzene rings is 2. The number of phenolic OH excluding ortho intramolecular Hbond substituents is 1. The largest absolute Gasteiger partial charge is 0.508 e. The first-order valence-electron chi connectivity index (χ1n) is 12.9. The summed E-state index contributed by atoms with van der Waals surface area (Å²) in [6.07, 6.45) is 12.2. The molecule has 2 heterocycles. The highest BCUT2D eigenvalue weighted by molar-refractivity contribution is 6.42. The van der Waals surface area contributed by atoms with E-state index in [1.165, 1.54) is 23.8 Å². The number of phenols is 1. The third-order valence-corrected chi connectivity index (χ3v) is 8.54. The molecule has 190 valence electrons. The first kappa shape index (κ1) is 25.2. The number of carbonyl (C=O) groups is 1. The number of amides is 1. The van der Waals surface area contributed by atoms with Crippen LogP contribution in [0.2, 0.25) is 10.0 Å². The average Bonchev–Trinajstić information content (AvgIpc) is 3.29. The van der Waals surface area contributed by atoms with Gasteiger partial charge < -0.3 is 20.3 Å². The van der Waals surface area contributed by atoms with Crippen LogP contribution in [0.1, 0.15) is 55.6 Å². The van der Waals surface area contributed by atoms with Crippen molar-refractivity contribution in [3.63, 3.8) is 0 Å². The Bertz CT molecular complexity index is 1240. The van der Waals surface area contributed by atoms with Gasteiger partial charge in [-0.3, -0.25) is 4.79 Å². The van der Waals surface area contributed by atoms with E-state index in [0.717, 1.165) is 56.4 Å². The first-order chi connectivity index (χ1) is 17.4. The van der Waals surface area contributed by atoms with Gasteiger partial charge >= 0.3 is 0 Å². The molecule has 3 aromatic rings. The molecule has 0 radical (unpaired) electrons. The number of fused-ring (bicyclic) bond motifs is 1. The molecule has 1 saturated heterocycles. The number of carbonyl (C=O) groups excluding carboxylic acids is 1. The molecule has 1 aliphatic carbocycles. The van der Waals surface area contributed by atoms with Crippen LogP contribution in [0.15, 0.2) is 48.7 Å². The fourth-order valence-corrected chi connectivity index (χ4v) is 6.10. The number of hydrogen-bond acceptors (Lipinski definition) is 3. The van der Waals surface area contributed by atoms with Gasteiger partial charge in [-0.2, -0.15) is 0 Å². The van der Waals surface area contributed by atoms with Crippen molar-refractivity contribution in [3.05, 3.63) is 69.8 Å². The molecule has 1 aromatic heterocycles. The quantitative estimate of drug-likeness (QED) is 0.312. The monoisotopic (exact) mass is 525 g/mol. The maximum atomic E-state index is 12.4. The number of aromatic nitrogens is 1. The Labute approximate surface area is 222 Å². The summed E-state index contributed by atoms with van der Waals surface area (Å²) in [6, 6.07) is 11.2. The van der Waals surface area contributed by atoms with Crippen LogP contribution in [0.4, 0.5) is 0 Å². The summed E-state index contributed by atoms with van der Waals surface area (Å²) in [5.74, 6) is 1.53. The topological polar surface area (TPSA) is 68.4 Å². The molecule has 0 unspecified atom stereocenters. The SMILES string of the molecule is O=C(/C=C/c1ccc(Cl)c(Cl)c1)NC1CCC(CN2CCC(c3c[nH]c4cc(O)ccc34)CC2)CC1. The number of nitrogens with zero attached hydrogens (tertiary/aromatic N) is 1. The smallest absolute Gasteiger partial charge is 0.244 e. The van der Waals surface area contributed by atoms with Crippen LogP contribution in [0.25, 0.3) is 17.0 Å². The second-order valence-corrected chi connectivity index (χ2v) is 11.1. The molecule has 1 amide bonds. The van der Waals surface area contributed by atoms with E-state index >= 15 is 0 Å². The number of aromatic amines is 1. The Morgan fingerprint density at radius 1 is 1.03 bits per heavy atom. The van der Waals surface area contributed by atoms with Gasteiger partial charge in [0.1, 0.15) is 5.75 Å². The molecule has 3 N–H and O–H groups in total. The van der Waals surface area contributed by atoms with Crippen molar-refractivity contribution in [2.24, 2.45) is 5.92 Å². The predicted molar refractivity (Wildman–Crippen MR) is 148 cm³/mol. The lowest BCUT2D eigenvalue weighted by atomic mass is 9.84. The van der Waals surface area contributed by atoms with Gasteiger partial charge in [0.2, 0.25) is 5.91 Å². The van der Waals surface area contributed by atoms with Gasteiger partial charge in [0, 0.05) is 41.8 Å². The lowest BCUT2D eigenvalue weighted by Crippen LogP contribution is -2.41. The molecule has 0 spiro atoms. The lowest BCUT2D eigenvalue weighted by Gasteiger charge is -2.36.